The molecule has 2 aromatic rings. The number of aryl methyl sites for hydroxylation is 2. The van der Waals surface area contributed by atoms with E-state index in [2.05, 4.69) is 10.5 Å². The van der Waals surface area contributed by atoms with E-state index in [0.29, 0.717) is 12.0 Å². The molecule has 0 aliphatic rings. The van der Waals surface area contributed by atoms with Crippen LogP contribution in [0, 0.1) is 11.6 Å². The van der Waals surface area contributed by atoms with Crippen LogP contribution in [0.5, 0.6) is 0 Å². The Kier molecular flexibility index (Phi) is 4.81. The standard InChI is InChI=1S/C14H18F2N4/c1-20-9-10(8-18-20)2-5-13(19-17)6-11-3-4-12(15)7-14(11)16/h3-4,7-9,13,19H,2,5-6,17H2,1H3. The number of hydrogen-bond donors (Lipinski definition) is 2. The Morgan fingerprint density at radius 3 is 2.80 bits per heavy atom. The van der Waals surface area contributed by atoms with Gasteiger partial charge in [-0.1, -0.05) is 6.07 Å². The number of aromatic nitrogens is 2. The summed E-state index contributed by atoms with van der Waals surface area (Å²) in [7, 11) is 1.86. The van der Waals surface area contributed by atoms with Crippen molar-refractivity contribution in [2.45, 2.75) is 25.3 Å². The van der Waals surface area contributed by atoms with Gasteiger partial charge in [0.05, 0.1) is 6.20 Å². The summed E-state index contributed by atoms with van der Waals surface area (Å²) in [6.45, 7) is 0. The number of hydrogen-bond acceptors (Lipinski definition) is 3. The zero-order valence-electron chi connectivity index (χ0n) is 11.3. The van der Waals surface area contributed by atoms with Crippen molar-refractivity contribution in [2.24, 2.45) is 12.9 Å². The Hall–Kier alpha value is -1.79. The van der Waals surface area contributed by atoms with E-state index in [1.165, 1.54) is 12.1 Å². The third kappa shape index (κ3) is 3.85. The molecule has 0 fully saturated rings. The minimum absolute atomic E-state index is 0.0739. The van der Waals surface area contributed by atoms with E-state index in [1.807, 2.05) is 13.2 Å². The first-order valence-electron chi connectivity index (χ1n) is 6.46. The van der Waals surface area contributed by atoms with Crippen molar-refractivity contribution in [3.63, 3.8) is 0 Å². The van der Waals surface area contributed by atoms with Crippen LogP contribution in [0.2, 0.25) is 0 Å². The molecule has 0 aliphatic carbocycles. The molecule has 0 saturated heterocycles. The van der Waals surface area contributed by atoms with Gasteiger partial charge < -0.3 is 0 Å². The molecule has 0 spiro atoms. The summed E-state index contributed by atoms with van der Waals surface area (Å²) in [6.07, 6.45) is 5.70. The Bertz CT molecular complexity index is 568. The van der Waals surface area contributed by atoms with Crippen molar-refractivity contribution in [1.82, 2.24) is 15.2 Å². The zero-order chi connectivity index (χ0) is 14.5. The minimum atomic E-state index is -0.570. The minimum Gasteiger partial charge on any atom is -0.276 e. The molecule has 1 aromatic carbocycles. The maximum atomic E-state index is 13.6. The van der Waals surface area contributed by atoms with Crippen molar-refractivity contribution in [1.29, 1.82) is 0 Å². The Balaban J connectivity index is 1.94. The van der Waals surface area contributed by atoms with E-state index >= 15 is 0 Å². The second-order valence-corrected chi connectivity index (χ2v) is 4.86. The number of hydrazine groups is 1. The SMILES string of the molecule is Cn1cc(CCC(Cc2ccc(F)cc2F)NN)cn1. The van der Waals surface area contributed by atoms with Crippen LogP contribution in [-0.4, -0.2) is 15.8 Å². The Labute approximate surface area is 116 Å². The van der Waals surface area contributed by atoms with Gasteiger partial charge in [0.25, 0.3) is 0 Å². The first-order valence-corrected chi connectivity index (χ1v) is 6.46. The van der Waals surface area contributed by atoms with Crippen molar-refractivity contribution in [2.75, 3.05) is 0 Å². The molecule has 20 heavy (non-hydrogen) atoms. The molecule has 0 radical (unpaired) electrons. The summed E-state index contributed by atoms with van der Waals surface area (Å²) < 4.78 is 28.2. The van der Waals surface area contributed by atoms with Gasteiger partial charge in [-0.2, -0.15) is 5.10 Å². The van der Waals surface area contributed by atoms with Crippen LogP contribution in [0.1, 0.15) is 17.5 Å². The summed E-state index contributed by atoms with van der Waals surface area (Å²) >= 11 is 0. The Morgan fingerprint density at radius 1 is 1.40 bits per heavy atom. The molecule has 1 atom stereocenters. The predicted molar refractivity (Wildman–Crippen MR) is 72.7 cm³/mol. The lowest BCUT2D eigenvalue weighted by atomic mass is 10.0. The van der Waals surface area contributed by atoms with Crippen LogP contribution in [0.4, 0.5) is 8.78 Å². The van der Waals surface area contributed by atoms with E-state index in [4.69, 9.17) is 5.84 Å². The Morgan fingerprint density at radius 2 is 2.20 bits per heavy atom. The summed E-state index contributed by atoms with van der Waals surface area (Å²) in [5.74, 6) is 4.40. The van der Waals surface area contributed by atoms with Crippen molar-refractivity contribution in [3.05, 3.63) is 53.4 Å². The highest BCUT2D eigenvalue weighted by Gasteiger charge is 2.12. The van der Waals surface area contributed by atoms with E-state index in [9.17, 15) is 8.78 Å². The lowest BCUT2D eigenvalue weighted by molar-refractivity contribution is 0.477. The number of benzene rings is 1. The van der Waals surface area contributed by atoms with Gasteiger partial charge in [-0.15, -0.1) is 0 Å². The van der Waals surface area contributed by atoms with E-state index < -0.39 is 11.6 Å². The van der Waals surface area contributed by atoms with Gasteiger partial charge >= 0.3 is 0 Å². The highest BCUT2D eigenvalue weighted by Crippen LogP contribution is 2.14. The summed E-state index contributed by atoms with van der Waals surface area (Å²) in [4.78, 5) is 0. The lowest BCUT2D eigenvalue weighted by Crippen LogP contribution is -2.37. The van der Waals surface area contributed by atoms with Gasteiger partial charge in [0.2, 0.25) is 0 Å². The quantitative estimate of drug-likeness (QED) is 0.625. The average molecular weight is 280 g/mol. The first-order chi connectivity index (χ1) is 9.58. The fraction of sp³-hybridized carbons (Fsp3) is 0.357. The van der Waals surface area contributed by atoms with Crippen molar-refractivity contribution < 1.29 is 8.78 Å². The highest BCUT2D eigenvalue weighted by molar-refractivity contribution is 5.19. The average Bonchev–Trinajstić information content (AvgIpc) is 2.82. The molecular weight excluding hydrogens is 262 g/mol. The van der Waals surface area contributed by atoms with Crippen molar-refractivity contribution >= 4 is 0 Å². The first kappa shape index (κ1) is 14.6. The monoisotopic (exact) mass is 280 g/mol. The fourth-order valence-electron chi connectivity index (χ4n) is 2.14. The largest absolute Gasteiger partial charge is 0.276 e. The van der Waals surface area contributed by atoms with Gasteiger partial charge in [-0.25, -0.2) is 8.78 Å². The maximum Gasteiger partial charge on any atom is 0.129 e. The van der Waals surface area contributed by atoms with Crippen LogP contribution in [0.3, 0.4) is 0 Å². The molecule has 108 valence electrons. The summed E-state index contributed by atoms with van der Waals surface area (Å²) in [5.41, 5.74) is 4.24. The van der Waals surface area contributed by atoms with Crippen molar-refractivity contribution in [3.8, 4) is 0 Å². The summed E-state index contributed by atoms with van der Waals surface area (Å²) in [5, 5.41) is 4.09. The molecular formula is C14H18F2N4. The van der Waals surface area contributed by atoms with Crippen LogP contribution < -0.4 is 11.3 Å². The molecule has 0 aliphatic heterocycles. The van der Waals surface area contributed by atoms with Gasteiger partial charge in [0.1, 0.15) is 11.6 Å². The molecule has 1 heterocycles. The maximum absolute atomic E-state index is 13.6. The van der Waals surface area contributed by atoms with E-state index in [1.54, 1.807) is 10.9 Å². The molecule has 2 rings (SSSR count). The number of nitrogens with two attached hydrogens (primary N) is 1. The summed E-state index contributed by atoms with van der Waals surface area (Å²) in [6, 6.07) is 3.53. The predicted octanol–water partition coefficient (Wildman–Crippen LogP) is 1.71. The number of halogens is 2. The van der Waals surface area contributed by atoms with Gasteiger partial charge in [-0.05, 0) is 36.5 Å². The molecule has 1 aromatic heterocycles. The zero-order valence-corrected chi connectivity index (χ0v) is 11.3. The third-order valence-electron chi connectivity index (χ3n) is 3.26. The smallest absolute Gasteiger partial charge is 0.129 e. The second-order valence-electron chi connectivity index (χ2n) is 4.86. The lowest BCUT2D eigenvalue weighted by Gasteiger charge is -2.15. The molecule has 4 nitrogen and oxygen atoms in total. The van der Waals surface area contributed by atoms with E-state index in [0.717, 1.165) is 24.5 Å². The highest BCUT2D eigenvalue weighted by atomic mass is 19.1. The van der Waals surface area contributed by atoms with Crippen LogP contribution in [-0.2, 0) is 19.9 Å². The molecule has 0 saturated carbocycles. The molecule has 0 bridgehead atoms. The third-order valence-corrected chi connectivity index (χ3v) is 3.26. The molecule has 3 N–H and O–H groups in total. The van der Waals surface area contributed by atoms with E-state index in [-0.39, 0.29) is 6.04 Å². The number of nitrogens with one attached hydrogen (secondary N) is 1. The molecule has 6 heteroatoms. The number of nitrogens with zero attached hydrogens (tertiary/aromatic N) is 2. The van der Waals surface area contributed by atoms with Gasteiger partial charge in [0.15, 0.2) is 0 Å². The molecule has 0 amide bonds. The topological polar surface area (TPSA) is 55.9 Å². The molecule has 1 unspecified atom stereocenters. The van der Waals surface area contributed by atoms with Crippen LogP contribution in [0.15, 0.2) is 30.6 Å². The van der Waals surface area contributed by atoms with Crippen LogP contribution >= 0.6 is 0 Å². The number of rotatable bonds is 6. The second kappa shape index (κ2) is 6.58. The van der Waals surface area contributed by atoms with Crippen LogP contribution in [0.25, 0.3) is 0 Å². The van der Waals surface area contributed by atoms with Gasteiger partial charge in [0, 0.05) is 25.4 Å². The fourth-order valence-corrected chi connectivity index (χ4v) is 2.14. The van der Waals surface area contributed by atoms with Gasteiger partial charge in [-0.3, -0.25) is 16.0 Å². The normalized spacial score (nSPS) is 12.6.